The lowest BCUT2D eigenvalue weighted by molar-refractivity contribution is 0.406. The summed E-state index contributed by atoms with van der Waals surface area (Å²) in [6.45, 7) is 4.67. The summed E-state index contributed by atoms with van der Waals surface area (Å²) in [7, 11) is 0. The molecule has 0 spiro atoms. The Kier molecular flexibility index (Phi) is 3.55. The summed E-state index contributed by atoms with van der Waals surface area (Å²) in [6, 6.07) is 13.2. The molecule has 104 valence electrons. The van der Waals surface area contributed by atoms with Gasteiger partial charge < -0.3 is 5.32 Å². The Morgan fingerprint density at radius 1 is 1.20 bits per heavy atom. The predicted molar refractivity (Wildman–Crippen MR) is 87.0 cm³/mol. The molecule has 1 N–H and O–H groups in total. The van der Waals surface area contributed by atoms with E-state index in [1.165, 1.54) is 17.5 Å². The Bertz CT molecular complexity index is 605. The molecular weight excluding hydrogens is 312 g/mol. The van der Waals surface area contributed by atoms with Crippen LogP contribution in [-0.2, 0) is 5.41 Å². The van der Waals surface area contributed by atoms with Gasteiger partial charge in [-0.3, -0.25) is 0 Å². The van der Waals surface area contributed by atoms with Crippen molar-refractivity contribution in [2.24, 2.45) is 0 Å². The van der Waals surface area contributed by atoms with E-state index in [0.717, 1.165) is 16.7 Å². The molecule has 0 radical (unpaired) electrons. The van der Waals surface area contributed by atoms with Crippen LogP contribution in [0.1, 0.15) is 43.9 Å². The highest BCUT2D eigenvalue weighted by Gasteiger charge is 2.32. The topological polar surface area (TPSA) is 24.9 Å². The monoisotopic (exact) mass is 330 g/mol. The SMILES string of the molecule is CC1(C)CCC(Nc2ccc(Br)nc2)c2ccccc21. The van der Waals surface area contributed by atoms with Gasteiger partial charge in [0.2, 0.25) is 0 Å². The van der Waals surface area contributed by atoms with Crippen molar-refractivity contribution >= 4 is 21.6 Å². The van der Waals surface area contributed by atoms with Crippen molar-refractivity contribution in [2.45, 2.75) is 38.1 Å². The minimum atomic E-state index is 0.271. The zero-order valence-corrected chi connectivity index (χ0v) is 13.4. The molecule has 1 aliphatic rings. The van der Waals surface area contributed by atoms with Crippen molar-refractivity contribution in [1.82, 2.24) is 4.98 Å². The van der Waals surface area contributed by atoms with Crippen molar-refractivity contribution in [2.75, 3.05) is 5.32 Å². The molecule has 0 saturated carbocycles. The number of pyridine rings is 1. The van der Waals surface area contributed by atoms with Crippen molar-refractivity contribution in [1.29, 1.82) is 0 Å². The molecule has 0 bridgehead atoms. The Hall–Kier alpha value is -1.35. The molecular formula is C17H19BrN2. The van der Waals surface area contributed by atoms with E-state index < -0.39 is 0 Å². The summed E-state index contributed by atoms with van der Waals surface area (Å²) in [5.74, 6) is 0. The fraction of sp³-hybridized carbons (Fsp3) is 0.353. The molecule has 1 aliphatic carbocycles. The summed E-state index contributed by atoms with van der Waals surface area (Å²) in [5, 5.41) is 3.62. The number of aromatic nitrogens is 1. The molecule has 1 atom stereocenters. The largest absolute Gasteiger partial charge is 0.377 e. The molecule has 20 heavy (non-hydrogen) atoms. The highest BCUT2D eigenvalue weighted by atomic mass is 79.9. The van der Waals surface area contributed by atoms with Crippen LogP contribution in [0.15, 0.2) is 47.2 Å². The molecule has 2 aromatic rings. The van der Waals surface area contributed by atoms with E-state index in [-0.39, 0.29) is 5.41 Å². The van der Waals surface area contributed by atoms with Crippen LogP contribution < -0.4 is 5.32 Å². The number of anilines is 1. The Morgan fingerprint density at radius 2 is 2.00 bits per heavy atom. The Labute approximate surface area is 128 Å². The number of nitrogens with zero attached hydrogens (tertiary/aromatic N) is 1. The molecule has 0 amide bonds. The van der Waals surface area contributed by atoms with Gasteiger partial charge in [-0.25, -0.2) is 4.98 Å². The van der Waals surface area contributed by atoms with Crippen LogP contribution in [0.2, 0.25) is 0 Å². The van der Waals surface area contributed by atoms with Crippen molar-refractivity contribution in [3.63, 3.8) is 0 Å². The van der Waals surface area contributed by atoms with Gasteiger partial charge in [-0.05, 0) is 57.4 Å². The first-order chi connectivity index (χ1) is 9.56. The molecule has 0 aliphatic heterocycles. The molecule has 1 heterocycles. The highest BCUT2D eigenvalue weighted by Crippen LogP contribution is 2.42. The van der Waals surface area contributed by atoms with Gasteiger partial charge >= 0.3 is 0 Å². The molecule has 1 aromatic carbocycles. The van der Waals surface area contributed by atoms with Crippen LogP contribution >= 0.6 is 15.9 Å². The lowest BCUT2D eigenvalue weighted by atomic mass is 9.71. The van der Waals surface area contributed by atoms with Crippen LogP contribution in [0.25, 0.3) is 0 Å². The maximum absolute atomic E-state index is 4.28. The van der Waals surface area contributed by atoms with Crippen molar-refractivity contribution < 1.29 is 0 Å². The summed E-state index contributed by atoms with van der Waals surface area (Å²) in [5.41, 5.74) is 4.24. The normalized spacial score (nSPS) is 20.2. The number of nitrogens with one attached hydrogen (secondary N) is 1. The fourth-order valence-corrected chi connectivity index (χ4v) is 3.26. The number of halogens is 1. The van der Waals surface area contributed by atoms with Gasteiger partial charge in [-0.2, -0.15) is 0 Å². The van der Waals surface area contributed by atoms with Gasteiger partial charge in [0.15, 0.2) is 0 Å². The average molecular weight is 331 g/mol. The van der Waals surface area contributed by atoms with E-state index in [9.17, 15) is 0 Å². The van der Waals surface area contributed by atoms with Crippen molar-refractivity contribution in [3.05, 3.63) is 58.3 Å². The van der Waals surface area contributed by atoms with Gasteiger partial charge in [0.25, 0.3) is 0 Å². The van der Waals surface area contributed by atoms with Gasteiger partial charge in [0.1, 0.15) is 4.60 Å². The van der Waals surface area contributed by atoms with E-state index in [1.54, 1.807) is 0 Å². The van der Waals surface area contributed by atoms with Crippen LogP contribution in [0.4, 0.5) is 5.69 Å². The third-order valence-corrected chi connectivity index (χ3v) is 4.66. The van der Waals surface area contributed by atoms with E-state index in [0.29, 0.717) is 6.04 Å². The van der Waals surface area contributed by atoms with Crippen LogP contribution in [-0.4, -0.2) is 4.98 Å². The predicted octanol–water partition coefficient (Wildman–Crippen LogP) is 5.07. The zero-order valence-electron chi connectivity index (χ0n) is 11.9. The smallest absolute Gasteiger partial charge is 0.106 e. The van der Waals surface area contributed by atoms with Crippen LogP contribution in [0.3, 0.4) is 0 Å². The summed E-state index contributed by atoms with van der Waals surface area (Å²) < 4.78 is 0.869. The van der Waals surface area contributed by atoms with E-state index >= 15 is 0 Å². The number of hydrogen-bond acceptors (Lipinski definition) is 2. The first-order valence-corrected chi connectivity index (χ1v) is 7.83. The standard InChI is InChI=1S/C17H19BrN2/c1-17(2)10-9-15(13-5-3-4-6-14(13)17)20-12-7-8-16(18)19-11-12/h3-8,11,15,20H,9-10H2,1-2H3. The fourth-order valence-electron chi connectivity index (χ4n) is 3.02. The molecule has 1 aromatic heterocycles. The van der Waals surface area contributed by atoms with Crippen LogP contribution in [0.5, 0.6) is 0 Å². The number of benzene rings is 1. The lowest BCUT2D eigenvalue weighted by Crippen LogP contribution is -2.29. The second kappa shape index (κ2) is 5.21. The molecule has 2 nitrogen and oxygen atoms in total. The Balaban J connectivity index is 1.90. The van der Waals surface area contributed by atoms with Gasteiger partial charge in [-0.1, -0.05) is 38.1 Å². The first-order valence-electron chi connectivity index (χ1n) is 7.04. The highest BCUT2D eigenvalue weighted by molar-refractivity contribution is 9.10. The number of fused-ring (bicyclic) bond motifs is 1. The third kappa shape index (κ3) is 2.59. The molecule has 3 heteroatoms. The number of hydrogen-bond donors (Lipinski definition) is 1. The maximum Gasteiger partial charge on any atom is 0.106 e. The first kappa shape index (κ1) is 13.6. The summed E-state index contributed by atoms with van der Waals surface area (Å²) >= 11 is 3.37. The molecule has 0 saturated heterocycles. The van der Waals surface area contributed by atoms with Gasteiger partial charge in [0.05, 0.1) is 17.9 Å². The molecule has 0 fully saturated rings. The number of rotatable bonds is 2. The van der Waals surface area contributed by atoms with E-state index in [2.05, 4.69) is 70.4 Å². The van der Waals surface area contributed by atoms with E-state index in [4.69, 9.17) is 0 Å². The lowest BCUT2D eigenvalue weighted by Gasteiger charge is -2.37. The minimum Gasteiger partial charge on any atom is -0.377 e. The molecule has 3 rings (SSSR count). The average Bonchev–Trinajstić information content (AvgIpc) is 2.45. The quantitative estimate of drug-likeness (QED) is 0.777. The third-order valence-electron chi connectivity index (χ3n) is 4.19. The van der Waals surface area contributed by atoms with Crippen molar-refractivity contribution in [3.8, 4) is 0 Å². The second-order valence-corrected chi connectivity index (χ2v) is 6.89. The summed E-state index contributed by atoms with van der Waals surface area (Å²) in [6.07, 6.45) is 4.23. The Morgan fingerprint density at radius 3 is 2.75 bits per heavy atom. The minimum absolute atomic E-state index is 0.271. The maximum atomic E-state index is 4.28. The zero-order chi connectivity index (χ0) is 14.2. The summed E-state index contributed by atoms with van der Waals surface area (Å²) in [4.78, 5) is 4.28. The van der Waals surface area contributed by atoms with Crippen LogP contribution in [0, 0.1) is 0 Å². The van der Waals surface area contributed by atoms with Gasteiger partial charge in [0, 0.05) is 0 Å². The second-order valence-electron chi connectivity index (χ2n) is 6.08. The molecule has 1 unspecified atom stereocenters. The van der Waals surface area contributed by atoms with Gasteiger partial charge in [-0.15, -0.1) is 0 Å². The van der Waals surface area contributed by atoms with E-state index in [1.807, 2.05) is 12.3 Å².